The molecule has 2 aromatic carbocycles. The van der Waals surface area contributed by atoms with Gasteiger partial charge in [0.25, 0.3) is 0 Å². The van der Waals surface area contributed by atoms with Gasteiger partial charge in [0.1, 0.15) is 11.6 Å². The molecule has 140 valence electrons. The lowest BCUT2D eigenvalue weighted by Crippen LogP contribution is -2.26. The monoisotopic (exact) mass is 378 g/mol. The van der Waals surface area contributed by atoms with Gasteiger partial charge in [-0.3, -0.25) is 0 Å². The third kappa shape index (κ3) is 4.02. The molecule has 26 heavy (non-hydrogen) atoms. The molecular formula is C21H25ClF2N2. The summed E-state index contributed by atoms with van der Waals surface area (Å²) in [6.45, 7) is 4.18. The average Bonchev–Trinajstić information content (AvgIpc) is 3.07. The van der Waals surface area contributed by atoms with Gasteiger partial charge in [-0.15, -0.1) is 12.4 Å². The lowest BCUT2D eigenvalue weighted by atomic mass is 10.0. The lowest BCUT2D eigenvalue weighted by molar-refractivity contribution is 0.336. The fraction of sp³-hybridized carbons (Fsp3) is 0.429. The molecule has 0 unspecified atom stereocenters. The van der Waals surface area contributed by atoms with Gasteiger partial charge in [-0.05, 0) is 87.1 Å². The van der Waals surface area contributed by atoms with E-state index in [-0.39, 0.29) is 24.0 Å². The molecule has 0 aromatic heterocycles. The molecule has 5 heteroatoms. The highest BCUT2D eigenvalue weighted by atomic mass is 35.5. The first kappa shape index (κ1) is 19.1. The van der Waals surface area contributed by atoms with E-state index in [0.29, 0.717) is 0 Å². The Balaban J connectivity index is 0.00000196. The van der Waals surface area contributed by atoms with Gasteiger partial charge < -0.3 is 9.80 Å². The van der Waals surface area contributed by atoms with Crippen molar-refractivity contribution in [3.63, 3.8) is 0 Å². The maximum absolute atomic E-state index is 13.9. The van der Waals surface area contributed by atoms with Crippen LogP contribution in [-0.4, -0.2) is 31.1 Å². The molecule has 0 saturated carbocycles. The van der Waals surface area contributed by atoms with Crippen molar-refractivity contribution in [3.05, 3.63) is 59.2 Å². The minimum atomic E-state index is -0.233. The Morgan fingerprint density at radius 2 is 1.31 bits per heavy atom. The smallest absolute Gasteiger partial charge is 0.125 e. The number of fused-ring (bicyclic) bond motifs is 2. The van der Waals surface area contributed by atoms with Crippen LogP contribution in [0.2, 0.25) is 0 Å². The molecule has 0 aliphatic carbocycles. The van der Waals surface area contributed by atoms with Gasteiger partial charge in [-0.25, -0.2) is 8.78 Å². The molecule has 0 atom stereocenters. The number of nitrogens with zero attached hydrogens (tertiary/aromatic N) is 2. The first-order chi connectivity index (χ1) is 12.2. The summed E-state index contributed by atoms with van der Waals surface area (Å²) in [6, 6.07) is 10.0. The highest BCUT2D eigenvalue weighted by Gasteiger charge is 2.22. The van der Waals surface area contributed by atoms with E-state index in [0.717, 1.165) is 54.9 Å². The van der Waals surface area contributed by atoms with Crippen LogP contribution in [0.1, 0.15) is 30.4 Å². The van der Waals surface area contributed by atoms with Crippen molar-refractivity contribution in [2.45, 2.75) is 32.1 Å². The first-order valence-corrected chi connectivity index (χ1v) is 9.27. The standard InChI is InChI=1S/C21H24F2N2.ClH/c22-18-8-6-16-4-5-17-7-9-19(23)15-21(17)25(20(16)14-18)13-3-12-24-10-1-2-11-24;/h6-9,14-15H,1-5,10-13H2;1H. The van der Waals surface area contributed by atoms with Crippen molar-refractivity contribution < 1.29 is 8.78 Å². The molecule has 0 amide bonds. The second kappa shape index (κ2) is 8.36. The fourth-order valence-electron chi connectivity index (χ4n) is 4.10. The van der Waals surface area contributed by atoms with Crippen molar-refractivity contribution in [1.29, 1.82) is 0 Å². The summed E-state index contributed by atoms with van der Waals surface area (Å²) in [5.41, 5.74) is 4.06. The van der Waals surface area contributed by atoms with Crippen LogP contribution < -0.4 is 4.90 Å². The van der Waals surface area contributed by atoms with E-state index in [1.165, 1.54) is 38.1 Å². The molecular weight excluding hydrogens is 354 g/mol. The van der Waals surface area contributed by atoms with E-state index in [1.54, 1.807) is 12.1 Å². The fourth-order valence-corrected chi connectivity index (χ4v) is 4.10. The molecule has 2 nitrogen and oxygen atoms in total. The van der Waals surface area contributed by atoms with E-state index < -0.39 is 0 Å². The molecule has 0 radical (unpaired) electrons. The SMILES string of the molecule is Cl.Fc1ccc2c(c1)N(CCCN1CCCC1)c1cc(F)ccc1CC2. The van der Waals surface area contributed by atoms with Crippen molar-refractivity contribution in [3.8, 4) is 0 Å². The van der Waals surface area contributed by atoms with Crippen molar-refractivity contribution >= 4 is 23.8 Å². The minimum absolute atomic E-state index is 0. The molecule has 1 saturated heterocycles. The van der Waals surface area contributed by atoms with Gasteiger partial charge in [0.05, 0.1) is 0 Å². The second-order valence-corrected chi connectivity index (χ2v) is 7.10. The third-order valence-electron chi connectivity index (χ3n) is 5.39. The van der Waals surface area contributed by atoms with Gasteiger partial charge in [0.15, 0.2) is 0 Å². The Labute approximate surface area is 160 Å². The van der Waals surface area contributed by atoms with E-state index in [2.05, 4.69) is 9.80 Å². The summed E-state index contributed by atoms with van der Waals surface area (Å²) < 4.78 is 27.8. The zero-order chi connectivity index (χ0) is 17.2. The van der Waals surface area contributed by atoms with E-state index in [4.69, 9.17) is 0 Å². The van der Waals surface area contributed by atoms with Gasteiger partial charge >= 0.3 is 0 Å². The number of anilines is 2. The predicted molar refractivity (Wildman–Crippen MR) is 105 cm³/mol. The van der Waals surface area contributed by atoms with Crippen LogP contribution in [0.3, 0.4) is 0 Å². The molecule has 2 aliphatic heterocycles. The van der Waals surface area contributed by atoms with Crippen LogP contribution in [-0.2, 0) is 12.8 Å². The minimum Gasteiger partial charge on any atom is -0.341 e. The number of hydrogen-bond acceptors (Lipinski definition) is 2. The number of aryl methyl sites for hydroxylation is 2. The Morgan fingerprint density at radius 1 is 0.769 bits per heavy atom. The molecule has 0 spiro atoms. The molecule has 2 aromatic rings. The molecule has 1 fully saturated rings. The van der Waals surface area contributed by atoms with E-state index in [1.807, 2.05) is 12.1 Å². The van der Waals surface area contributed by atoms with E-state index >= 15 is 0 Å². The van der Waals surface area contributed by atoms with Gasteiger partial charge in [0.2, 0.25) is 0 Å². The van der Waals surface area contributed by atoms with Crippen LogP contribution in [0.4, 0.5) is 20.2 Å². The maximum atomic E-state index is 13.9. The molecule has 2 heterocycles. The average molecular weight is 379 g/mol. The molecule has 0 bridgehead atoms. The van der Waals surface area contributed by atoms with Gasteiger partial charge in [-0.1, -0.05) is 12.1 Å². The molecule has 0 N–H and O–H groups in total. The van der Waals surface area contributed by atoms with Gasteiger partial charge in [0, 0.05) is 17.9 Å². The highest BCUT2D eigenvalue weighted by Crippen LogP contribution is 2.37. The number of hydrogen-bond donors (Lipinski definition) is 0. The maximum Gasteiger partial charge on any atom is 0.125 e. The molecule has 2 aliphatic rings. The topological polar surface area (TPSA) is 6.48 Å². The Hall–Kier alpha value is -1.65. The van der Waals surface area contributed by atoms with Gasteiger partial charge in [-0.2, -0.15) is 0 Å². The summed E-state index contributed by atoms with van der Waals surface area (Å²) >= 11 is 0. The quantitative estimate of drug-likeness (QED) is 0.729. The van der Waals surface area contributed by atoms with E-state index in [9.17, 15) is 8.78 Å². The van der Waals surface area contributed by atoms with Crippen LogP contribution in [0, 0.1) is 11.6 Å². The number of likely N-dealkylation sites (tertiary alicyclic amines) is 1. The van der Waals surface area contributed by atoms with Crippen molar-refractivity contribution in [2.24, 2.45) is 0 Å². The summed E-state index contributed by atoms with van der Waals surface area (Å²) in [7, 11) is 0. The number of halogens is 3. The Bertz CT molecular complexity index is 706. The number of benzene rings is 2. The zero-order valence-electron chi connectivity index (χ0n) is 14.9. The molecule has 4 rings (SSSR count). The second-order valence-electron chi connectivity index (χ2n) is 7.10. The first-order valence-electron chi connectivity index (χ1n) is 9.27. The zero-order valence-corrected chi connectivity index (χ0v) is 15.7. The van der Waals surface area contributed by atoms with Crippen LogP contribution in [0.5, 0.6) is 0 Å². The summed E-state index contributed by atoms with van der Waals surface area (Å²) in [5.74, 6) is -0.466. The normalized spacial score (nSPS) is 16.6. The number of rotatable bonds is 4. The predicted octanol–water partition coefficient (Wildman–Crippen LogP) is 5.11. The lowest BCUT2D eigenvalue weighted by Gasteiger charge is -2.28. The van der Waals surface area contributed by atoms with Crippen LogP contribution >= 0.6 is 12.4 Å². The summed E-state index contributed by atoms with van der Waals surface area (Å²) in [4.78, 5) is 4.61. The summed E-state index contributed by atoms with van der Waals surface area (Å²) in [6.07, 6.45) is 5.28. The Morgan fingerprint density at radius 3 is 1.85 bits per heavy atom. The van der Waals surface area contributed by atoms with Crippen LogP contribution in [0.15, 0.2) is 36.4 Å². The Kier molecular flexibility index (Phi) is 6.15. The largest absolute Gasteiger partial charge is 0.341 e. The van der Waals surface area contributed by atoms with Crippen molar-refractivity contribution in [2.75, 3.05) is 31.1 Å². The highest BCUT2D eigenvalue weighted by molar-refractivity contribution is 5.85. The third-order valence-corrected chi connectivity index (χ3v) is 5.39. The summed E-state index contributed by atoms with van der Waals surface area (Å²) in [5, 5.41) is 0. The van der Waals surface area contributed by atoms with Crippen LogP contribution in [0.25, 0.3) is 0 Å². The van der Waals surface area contributed by atoms with Crippen molar-refractivity contribution in [1.82, 2.24) is 4.90 Å².